The molecule has 0 radical (unpaired) electrons. The van der Waals surface area contributed by atoms with E-state index >= 15 is 0 Å². The summed E-state index contributed by atoms with van der Waals surface area (Å²) in [5.41, 5.74) is 0.535. The van der Waals surface area contributed by atoms with E-state index in [2.05, 4.69) is 17.4 Å². The molecule has 2 aromatic rings. The van der Waals surface area contributed by atoms with Crippen LogP contribution < -0.4 is 5.32 Å². The van der Waals surface area contributed by atoms with Crippen LogP contribution in [0.4, 0.5) is 0 Å². The van der Waals surface area contributed by atoms with Crippen LogP contribution in [0.3, 0.4) is 0 Å². The van der Waals surface area contributed by atoms with E-state index in [1.54, 1.807) is 29.6 Å². The maximum Gasteiger partial charge on any atom is 0.252 e. The third kappa shape index (κ3) is 4.99. The van der Waals surface area contributed by atoms with Gasteiger partial charge in [0.05, 0.1) is 10.6 Å². The molecule has 0 fully saturated rings. The molecule has 21 heavy (non-hydrogen) atoms. The summed E-state index contributed by atoms with van der Waals surface area (Å²) in [6.45, 7) is 0.609. The summed E-state index contributed by atoms with van der Waals surface area (Å²) >= 11 is 9.39. The van der Waals surface area contributed by atoms with Gasteiger partial charge in [-0.3, -0.25) is 4.79 Å². The van der Waals surface area contributed by atoms with Gasteiger partial charge in [-0.05, 0) is 36.6 Å². The quantitative estimate of drug-likeness (QED) is 0.617. The number of carbonyl (C=O) groups is 1. The lowest BCUT2D eigenvalue weighted by Crippen LogP contribution is -2.26. The lowest BCUT2D eigenvalue weighted by molar-refractivity contribution is 0.0956. The Bertz CT molecular complexity index is 604. The minimum atomic E-state index is -0.121. The standard InChI is InChI=1S/C16H16ClNOS2/c1-20-13-7-8-15(17)14(11-13)16(19)18-9-10-21-12-5-3-2-4-6-12/h2-8,11H,9-10H2,1H3,(H,18,19). The molecule has 0 atom stereocenters. The van der Waals surface area contributed by atoms with Gasteiger partial charge in [-0.1, -0.05) is 29.8 Å². The molecule has 1 amide bonds. The van der Waals surface area contributed by atoms with E-state index < -0.39 is 0 Å². The molecule has 0 bridgehead atoms. The first kappa shape index (κ1) is 16.3. The average Bonchev–Trinajstić information content (AvgIpc) is 2.53. The molecule has 110 valence electrons. The highest BCUT2D eigenvalue weighted by atomic mass is 35.5. The van der Waals surface area contributed by atoms with Crippen LogP contribution in [0.1, 0.15) is 10.4 Å². The molecule has 0 aliphatic rings. The molecule has 5 heteroatoms. The minimum absolute atomic E-state index is 0.121. The predicted molar refractivity (Wildman–Crippen MR) is 92.7 cm³/mol. The number of thioether (sulfide) groups is 2. The highest BCUT2D eigenvalue weighted by Gasteiger charge is 2.10. The SMILES string of the molecule is CSc1ccc(Cl)c(C(=O)NCCSc2ccccc2)c1. The van der Waals surface area contributed by atoms with E-state index in [1.165, 1.54) is 4.90 Å². The van der Waals surface area contributed by atoms with Crippen LogP contribution in [-0.2, 0) is 0 Å². The monoisotopic (exact) mass is 337 g/mol. The van der Waals surface area contributed by atoms with Gasteiger partial charge in [0.1, 0.15) is 0 Å². The lowest BCUT2D eigenvalue weighted by Gasteiger charge is -2.08. The van der Waals surface area contributed by atoms with Crippen LogP contribution in [0.25, 0.3) is 0 Å². The molecule has 0 unspecified atom stereocenters. The zero-order valence-corrected chi connectivity index (χ0v) is 14.0. The summed E-state index contributed by atoms with van der Waals surface area (Å²) in [5.74, 6) is 0.708. The summed E-state index contributed by atoms with van der Waals surface area (Å²) in [7, 11) is 0. The number of carbonyl (C=O) groups excluding carboxylic acids is 1. The van der Waals surface area contributed by atoms with E-state index in [0.717, 1.165) is 10.6 Å². The summed E-state index contributed by atoms with van der Waals surface area (Å²) in [6, 6.07) is 15.6. The number of halogens is 1. The molecule has 2 rings (SSSR count). The van der Waals surface area contributed by atoms with Crippen LogP contribution >= 0.6 is 35.1 Å². The first-order valence-corrected chi connectivity index (χ1v) is 9.09. The van der Waals surface area contributed by atoms with Gasteiger partial charge in [0.25, 0.3) is 5.91 Å². The largest absolute Gasteiger partial charge is 0.351 e. The third-order valence-corrected chi connectivity index (χ3v) is 4.89. The van der Waals surface area contributed by atoms with E-state index in [1.807, 2.05) is 36.6 Å². The Hall–Kier alpha value is -1.10. The van der Waals surface area contributed by atoms with E-state index in [9.17, 15) is 4.79 Å². The molecule has 0 spiro atoms. The van der Waals surface area contributed by atoms with Crippen LogP contribution in [0.5, 0.6) is 0 Å². The Labute approximate surface area is 138 Å². The van der Waals surface area contributed by atoms with Crippen molar-refractivity contribution >= 4 is 41.0 Å². The van der Waals surface area contributed by atoms with E-state index in [-0.39, 0.29) is 5.91 Å². The van der Waals surface area contributed by atoms with E-state index in [4.69, 9.17) is 11.6 Å². The zero-order valence-electron chi connectivity index (χ0n) is 11.6. The fourth-order valence-electron chi connectivity index (χ4n) is 1.75. The highest BCUT2D eigenvalue weighted by molar-refractivity contribution is 7.99. The molecule has 0 heterocycles. The van der Waals surface area contributed by atoms with Gasteiger partial charge in [0.15, 0.2) is 0 Å². The van der Waals surface area contributed by atoms with Gasteiger partial charge in [0.2, 0.25) is 0 Å². The van der Waals surface area contributed by atoms with Crippen molar-refractivity contribution in [3.8, 4) is 0 Å². The number of nitrogens with one attached hydrogen (secondary N) is 1. The fourth-order valence-corrected chi connectivity index (χ4v) is 3.18. The average molecular weight is 338 g/mol. The van der Waals surface area contributed by atoms with Crippen molar-refractivity contribution in [3.63, 3.8) is 0 Å². The van der Waals surface area contributed by atoms with Crippen molar-refractivity contribution in [1.82, 2.24) is 5.32 Å². The second-order valence-electron chi connectivity index (χ2n) is 4.26. The Kier molecular flexibility index (Phi) is 6.49. The number of hydrogen-bond donors (Lipinski definition) is 1. The lowest BCUT2D eigenvalue weighted by atomic mass is 10.2. The van der Waals surface area contributed by atoms with Crippen molar-refractivity contribution in [1.29, 1.82) is 0 Å². The number of rotatable bonds is 6. The topological polar surface area (TPSA) is 29.1 Å². The number of amides is 1. The molecule has 0 aromatic heterocycles. The second-order valence-corrected chi connectivity index (χ2v) is 6.72. The molecule has 2 aromatic carbocycles. The van der Waals surface area contributed by atoms with Gasteiger partial charge < -0.3 is 5.32 Å². The van der Waals surface area contributed by atoms with Gasteiger partial charge >= 0.3 is 0 Å². The maximum absolute atomic E-state index is 12.1. The third-order valence-electron chi connectivity index (χ3n) is 2.82. The fraction of sp³-hybridized carbons (Fsp3) is 0.188. The van der Waals surface area contributed by atoms with Crippen LogP contribution in [0.15, 0.2) is 58.3 Å². The zero-order chi connectivity index (χ0) is 15.1. The first-order valence-electron chi connectivity index (χ1n) is 6.50. The second kappa shape index (κ2) is 8.37. The van der Waals surface area contributed by atoms with Crippen molar-refractivity contribution in [3.05, 3.63) is 59.1 Å². The smallest absolute Gasteiger partial charge is 0.252 e. The van der Waals surface area contributed by atoms with Gasteiger partial charge in [-0.25, -0.2) is 0 Å². The number of benzene rings is 2. The first-order chi connectivity index (χ1) is 10.2. The Morgan fingerprint density at radius 2 is 1.90 bits per heavy atom. The minimum Gasteiger partial charge on any atom is -0.351 e. The van der Waals surface area contributed by atoms with E-state index in [0.29, 0.717) is 17.1 Å². The predicted octanol–water partition coefficient (Wildman–Crippen LogP) is 4.58. The van der Waals surface area contributed by atoms with Crippen LogP contribution in [0.2, 0.25) is 5.02 Å². The maximum atomic E-state index is 12.1. The van der Waals surface area contributed by atoms with Crippen molar-refractivity contribution in [2.24, 2.45) is 0 Å². The molecular formula is C16H16ClNOS2. The number of hydrogen-bond acceptors (Lipinski definition) is 3. The highest BCUT2D eigenvalue weighted by Crippen LogP contribution is 2.23. The Balaban J connectivity index is 1.84. The van der Waals surface area contributed by atoms with Crippen molar-refractivity contribution < 1.29 is 4.79 Å². The normalized spacial score (nSPS) is 10.4. The molecule has 2 nitrogen and oxygen atoms in total. The molecule has 0 aliphatic heterocycles. The molecule has 0 saturated heterocycles. The van der Waals surface area contributed by atoms with Crippen molar-refractivity contribution in [2.45, 2.75) is 9.79 Å². The Morgan fingerprint density at radius 1 is 1.14 bits per heavy atom. The van der Waals surface area contributed by atoms with Gasteiger partial charge in [0, 0.05) is 22.1 Å². The van der Waals surface area contributed by atoms with Gasteiger partial charge in [-0.15, -0.1) is 23.5 Å². The van der Waals surface area contributed by atoms with Crippen LogP contribution in [0, 0.1) is 0 Å². The molecule has 0 aliphatic carbocycles. The summed E-state index contributed by atoms with van der Waals surface area (Å²) in [6.07, 6.45) is 1.97. The molecular weight excluding hydrogens is 322 g/mol. The summed E-state index contributed by atoms with van der Waals surface area (Å²) in [4.78, 5) is 14.4. The van der Waals surface area contributed by atoms with Crippen LogP contribution in [-0.4, -0.2) is 24.5 Å². The van der Waals surface area contributed by atoms with Gasteiger partial charge in [-0.2, -0.15) is 0 Å². The molecule has 0 saturated carbocycles. The summed E-state index contributed by atoms with van der Waals surface area (Å²) in [5, 5.41) is 3.39. The van der Waals surface area contributed by atoms with Crippen molar-refractivity contribution in [2.75, 3.05) is 18.6 Å². The Morgan fingerprint density at radius 3 is 2.62 bits per heavy atom. The molecule has 1 N–H and O–H groups in total. The summed E-state index contributed by atoms with van der Waals surface area (Å²) < 4.78 is 0.